The summed E-state index contributed by atoms with van der Waals surface area (Å²) >= 11 is 3.89. The highest BCUT2D eigenvalue weighted by Crippen LogP contribution is 2.44. The van der Waals surface area contributed by atoms with Crippen molar-refractivity contribution < 1.29 is 14.3 Å². The van der Waals surface area contributed by atoms with Gasteiger partial charge >= 0.3 is 6.09 Å². The molecule has 0 radical (unpaired) electrons. The van der Waals surface area contributed by atoms with E-state index < -0.39 is 5.60 Å². The summed E-state index contributed by atoms with van der Waals surface area (Å²) in [4.78, 5) is 16.8. The first-order valence-corrected chi connectivity index (χ1v) is 11.3. The Labute approximate surface area is 187 Å². The van der Waals surface area contributed by atoms with Crippen LogP contribution in [0, 0.1) is 0 Å². The Morgan fingerprint density at radius 3 is 2.60 bits per heavy atom. The van der Waals surface area contributed by atoms with Crippen LogP contribution in [0.15, 0.2) is 40.9 Å². The number of carbonyl (C=O) groups is 1. The zero-order valence-electron chi connectivity index (χ0n) is 17.9. The van der Waals surface area contributed by atoms with E-state index in [2.05, 4.69) is 51.2 Å². The number of anilines is 1. The van der Waals surface area contributed by atoms with E-state index in [0.29, 0.717) is 19.7 Å². The fourth-order valence-electron chi connectivity index (χ4n) is 4.07. The van der Waals surface area contributed by atoms with Gasteiger partial charge in [-0.3, -0.25) is 0 Å². The van der Waals surface area contributed by atoms with Crippen molar-refractivity contribution in [2.75, 3.05) is 31.1 Å². The Bertz CT molecular complexity index is 924. The minimum absolute atomic E-state index is 0.238. The third-order valence-corrected chi connectivity index (χ3v) is 6.34. The Balaban J connectivity index is 1.59. The van der Waals surface area contributed by atoms with E-state index in [4.69, 9.17) is 9.47 Å². The molecule has 0 fully saturated rings. The van der Waals surface area contributed by atoms with Crippen molar-refractivity contribution >= 4 is 27.7 Å². The fourth-order valence-corrected chi connectivity index (χ4v) is 4.97. The van der Waals surface area contributed by atoms with E-state index in [1.165, 1.54) is 16.7 Å². The summed E-state index contributed by atoms with van der Waals surface area (Å²) in [5.74, 6) is 0.925. The second-order valence-corrected chi connectivity index (χ2v) is 9.69. The maximum Gasteiger partial charge on any atom is 0.410 e. The molecule has 1 amide bonds. The molecule has 0 saturated heterocycles. The average Bonchev–Trinajstić information content (AvgIpc) is 2.91. The van der Waals surface area contributed by atoms with E-state index in [1.54, 1.807) is 0 Å². The summed E-state index contributed by atoms with van der Waals surface area (Å²) < 4.78 is 12.7. The topological polar surface area (TPSA) is 42.0 Å². The summed E-state index contributed by atoms with van der Waals surface area (Å²) in [5, 5.41) is 0. The van der Waals surface area contributed by atoms with Crippen molar-refractivity contribution in [1.82, 2.24) is 4.90 Å². The smallest absolute Gasteiger partial charge is 0.410 e. The third-order valence-electron chi connectivity index (χ3n) is 5.48. The molecule has 0 unspecified atom stereocenters. The molecule has 5 nitrogen and oxygen atoms in total. The average molecular weight is 473 g/mol. The van der Waals surface area contributed by atoms with Crippen LogP contribution in [0.1, 0.15) is 37.5 Å². The van der Waals surface area contributed by atoms with Crippen LogP contribution in [0.3, 0.4) is 0 Å². The zero-order valence-corrected chi connectivity index (χ0v) is 19.5. The summed E-state index contributed by atoms with van der Waals surface area (Å²) in [6.07, 6.45) is 1.35. The molecule has 4 rings (SSSR count). The summed E-state index contributed by atoms with van der Waals surface area (Å²) in [6.45, 7) is 9.39. The Hall–Kier alpha value is -2.21. The van der Waals surface area contributed by atoms with Crippen molar-refractivity contribution in [1.29, 1.82) is 0 Å². The van der Waals surface area contributed by atoms with Gasteiger partial charge in [0.25, 0.3) is 0 Å². The molecule has 0 N–H and O–H groups in total. The highest BCUT2D eigenvalue weighted by atomic mass is 79.9. The third kappa shape index (κ3) is 4.59. The Morgan fingerprint density at radius 2 is 1.87 bits per heavy atom. The van der Waals surface area contributed by atoms with Gasteiger partial charge < -0.3 is 19.3 Å². The van der Waals surface area contributed by atoms with Crippen LogP contribution in [0.5, 0.6) is 5.75 Å². The number of carbonyl (C=O) groups excluding carboxylic acids is 1. The van der Waals surface area contributed by atoms with Crippen molar-refractivity contribution in [3.05, 3.63) is 57.6 Å². The number of benzene rings is 2. The maximum atomic E-state index is 12.6. The van der Waals surface area contributed by atoms with Crippen LogP contribution in [0.4, 0.5) is 10.5 Å². The lowest BCUT2D eigenvalue weighted by Crippen LogP contribution is -2.38. The molecule has 2 aromatic rings. The second-order valence-electron chi connectivity index (χ2n) is 8.90. The van der Waals surface area contributed by atoms with E-state index in [0.717, 1.165) is 41.8 Å². The van der Waals surface area contributed by atoms with Crippen LogP contribution in [-0.2, 0) is 24.1 Å². The second kappa shape index (κ2) is 8.50. The number of nitrogens with zero attached hydrogens (tertiary/aromatic N) is 2. The van der Waals surface area contributed by atoms with Gasteiger partial charge in [-0.05, 0) is 72.3 Å². The van der Waals surface area contributed by atoms with Crippen molar-refractivity contribution in [2.45, 2.75) is 45.8 Å². The summed E-state index contributed by atoms with van der Waals surface area (Å²) in [7, 11) is 0. The van der Waals surface area contributed by atoms with Crippen LogP contribution >= 0.6 is 15.9 Å². The quantitative estimate of drug-likeness (QED) is 0.603. The molecule has 6 heteroatoms. The number of rotatable bonds is 2. The predicted octanol–water partition coefficient (Wildman–Crippen LogP) is 5.18. The van der Waals surface area contributed by atoms with Gasteiger partial charge in [-0.2, -0.15) is 0 Å². The number of halogens is 1. The van der Waals surface area contributed by atoms with Gasteiger partial charge in [0.05, 0.1) is 12.2 Å². The number of hydrogen-bond acceptors (Lipinski definition) is 4. The molecule has 0 spiro atoms. The van der Waals surface area contributed by atoms with Gasteiger partial charge in [0.15, 0.2) is 0 Å². The van der Waals surface area contributed by atoms with E-state index >= 15 is 0 Å². The van der Waals surface area contributed by atoms with E-state index in [-0.39, 0.29) is 6.09 Å². The van der Waals surface area contributed by atoms with Crippen molar-refractivity contribution in [3.8, 4) is 5.75 Å². The fraction of sp³-hybridized carbons (Fsp3) is 0.458. The first-order chi connectivity index (χ1) is 14.3. The molecule has 0 saturated carbocycles. The lowest BCUT2D eigenvalue weighted by atomic mass is 10.00. The minimum atomic E-state index is -0.484. The first kappa shape index (κ1) is 21.0. The summed E-state index contributed by atoms with van der Waals surface area (Å²) in [6, 6.07) is 12.7. The van der Waals surface area contributed by atoms with Crippen LogP contribution in [-0.4, -0.2) is 42.8 Å². The molecule has 0 atom stereocenters. The Morgan fingerprint density at radius 1 is 1.13 bits per heavy atom. The van der Waals surface area contributed by atoms with Gasteiger partial charge in [0, 0.05) is 24.1 Å². The zero-order chi connectivity index (χ0) is 21.3. The van der Waals surface area contributed by atoms with Crippen molar-refractivity contribution in [3.63, 3.8) is 0 Å². The molecule has 2 aromatic carbocycles. The van der Waals surface area contributed by atoms with Gasteiger partial charge in [-0.25, -0.2) is 4.79 Å². The maximum absolute atomic E-state index is 12.6. The highest BCUT2D eigenvalue weighted by Gasteiger charge is 2.29. The number of ether oxygens (including phenoxy) is 2. The first-order valence-electron chi connectivity index (χ1n) is 10.6. The number of hydrogen-bond donors (Lipinski definition) is 0. The lowest BCUT2D eigenvalue weighted by Gasteiger charge is -2.33. The number of amides is 1. The monoisotopic (exact) mass is 472 g/mol. The SMILES string of the molecule is CC(C)(C)OC(=O)N1CCc2cc3c(c(Br)c2CC1)N(Cc1ccccc1)CCO3. The lowest BCUT2D eigenvalue weighted by molar-refractivity contribution is 0.0258. The minimum Gasteiger partial charge on any atom is -0.490 e. The molecule has 30 heavy (non-hydrogen) atoms. The summed E-state index contributed by atoms with van der Waals surface area (Å²) in [5.41, 5.74) is 4.43. The normalized spacial score (nSPS) is 16.3. The van der Waals surface area contributed by atoms with Gasteiger partial charge in [0.1, 0.15) is 18.0 Å². The molecule has 2 heterocycles. The van der Waals surface area contributed by atoms with E-state index in [9.17, 15) is 4.79 Å². The molecule has 2 aliphatic heterocycles. The van der Waals surface area contributed by atoms with Crippen LogP contribution < -0.4 is 9.64 Å². The highest BCUT2D eigenvalue weighted by molar-refractivity contribution is 9.10. The molecular formula is C24H29BrN2O3. The predicted molar refractivity (Wildman–Crippen MR) is 122 cm³/mol. The molecule has 0 aromatic heterocycles. The Kier molecular flexibility index (Phi) is 5.96. The molecular weight excluding hydrogens is 444 g/mol. The molecule has 160 valence electrons. The largest absolute Gasteiger partial charge is 0.490 e. The van der Waals surface area contributed by atoms with Gasteiger partial charge in [-0.15, -0.1) is 0 Å². The van der Waals surface area contributed by atoms with Gasteiger partial charge in [0.2, 0.25) is 0 Å². The van der Waals surface area contributed by atoms with Crippen LogP contribution in [0.25, 0.3) is 0 Å². The van der Waals surface area contributed by atoms with Crippen molar-refractivity contribution in [2.24, 2.45) is 0 Å². The van der Waals surface area contributed by atoms with Crippen LogP contribution in [0.2, 0.25) is 0 Å². The molecule has 0 bridgehead atoms. The molecule has 0 aliphatic carbocycles. The number of fused-ring (bicyclic) bond motifs is 2. The van der Waals surface area contributed by atoms with Gasteiger partial charge in [-0.1, -0.05) is 30.3 Å². The van der Waals surface area contributed by atoms with E-state index in [1.807, 2.05) is 31.7 Å². The standard InChI is InChI=1S/C24H29BrN2O3/c1-24(2,3)30-23(28)26-11-9-18-15-20-22(21(25)19(18)10-12-26)27(13-14-29-20)16-17-7-5-4-6-8-17/h4-8,15H,9-14,16H2,1-3H3. The molecule has 2 aliphatic rings.